The lowest BCUT2D eigenvalue weighted by molar-refractivity contribution is -0.127. The normalized spacial score (nSPS) is 16.8. The largest absolute Gasteiger partial charge is 0.462 e. The van der Waals surface area contributed by atoms with E-state index in [9.17, 15) is 4.79 Å². The summed E-state index contributed by atoms with van der Waals surface area (Å²) >= 11 is 0. The molecule has 0 aliphatic carbocycles. The lowest BCUT2D eigenvalue weighted by Crippen LogP contribution is -2.49. The second kappa shape index (κ2) is 8.15. The summed E-state index contributed by atoms with van der Waals surface area (Å²) in [5, 5.41) is 0. The van der Waals surface area contributed by atoms with Crippen molar-refractivity contribution < 1.29 is 13.9 Å². The standard InChI is InChI=1S/C17H26N2O3/c1-14(2)21-13-12-18-8-10-19(11-9-18)17(20)7-6-16-5-4-15(3)22-16/h4-7,14H,8-13H2,1-3H3/b7-6+. The van der Waals surface area contributed by atoms with Crippen LogP contribution in [0, 0.1) is 6.92 Å². The number of furan rings is 1. The van der Waals surface area contributed by atoms with Gasteiger partial charge in [0.1, 0.15) is 11.5 Å². The first-order valence-corrected chi connectivity index (χ1v) is 7.92. The van der Waals surface area contributed by atoms with E-state index in [1.54, 1.807) is 12.2 Å². The van der Waals surface area contributed by atoms with E-state index >= 15 is 0 Å². The van der Waals surface area contributed by atoms with E-state index in [0.717, 1.165) is 50.9 Å². The van der Waals surface area contributed by atoms with E-state index in [0.29, 0.717) is 0 Å². The number of aryl methyl sites for hydroxylation is 1. The van der Waals surface area contributed by atoms with Crippen LogP contribution >= 0.6 is 0 Å². The Balaban J connectivity index is 1.71. The Labute approximate surface area is 132 Å². The topological polar surface area (TPSA) is 45.9 Å². The molecule has 0 unspecified atom stereocenters. The number of carbonyl (C=O) groups is 1. The molecule has 1 amide bonds. The summed E-state index contributed by atoms with van der Waals surface area (Å²) < 4.78 is 11.0. The minimum Gasteiger partial charge on any atom is -0.462 e. The first-order valence-electron chi connectivity index (χ1n) is 7.92. The SMILES string of the molecule is Cc1ccc(/C=C/C(=O)N2CCN(CCOC(C)C)CC2)o1. The molecule has 1 fully saturated rings. The summed E-state index contributed by atoms with van der Waals surface area (Å²) in [6, 6.07) is 3.76. The van der Waals surface area contributed by atoms with Gasteiger partial charge < -0.3 is 14.1 Å². The van der Waals surface area contributed by atoms with Gasteiger partial charge in [-0.3, -0.25) is 9.69 Å². The maximum atomic E-state index is 12.1. The Kier molecular flexibility index (Phi) is 6.21. The fourth-order valence-corrected chi connectivity index (χ4v) is 2.41. The summed E-state index contributed by atoms with van der Waals surface area (Å²) in [5.41, 5.74) is 0. The van der Waals surface area contributed by atoms with Crippen LogP contribution in [0.3, 0.4) is 0 Å². The molecule has 0 radical (unpaired) electrons. The van der Waals surface area contributed by atoms with E-state index < -0.39 is 0 Å². The summed E-state index contributed by atoms with van der Waals surface area (Å²) in [6.07, 6.45) is 3.60. The maximum Gasteiger partial charge on any atom is 0.246 e. The molecule has 1 saturated heterocycles. The number of nitrogens with zero attached hydrogens (tertiary/aromatic N) is 2. The fraction of sp³-hybridized carbons (Fsp3) is 0.588. The van der Waals surface area contributed by atoms with Crippen molar-refractivity contribution in [3.05, 3.63) is 29.7 Å². The van der Waals surface area contributed by atoms with Crippen LogP contribution in [0.15, 0.2) is 22.6 Å². The summed E-state index contributed by atoms with van der Waals surface area (Å²) in [4.78, 5) is 16.4. The molecule has 0 saturated carbocycles. The lowest BCUT2D eigenvalue weighted by Gasteiger charge is -2.34. The monoisotopic (exact) mass is 306 g/mol. The number of amides is 1. The van der Waals surface area contributed by atoms with E-state index in [-0.39, 0.29) is 12.0 Å². The minimum absolute atomic E-state index is 0.0483. The quantitative estimate of drug-likeness (QED) is 0.756. The number of hydrogen-bond donors (Lipinski definition) is 0. The van der Waals surface area contributed by atoms with Gasteiger partial charge in [0.2, 0.25) is 5.91 Å². The van der Waals surface area contributed by atoms with Crippen molar-refractivity contribution in [2.75, 3.05) is 39.3 Å². The third-order valence-electron chi connectivity index (χ3n) is 3.69. The predicted molar refractivity (Wildman–Crippen MR) is 86.6 cm³/mol. The van der Waals surface area contributed by atoms with Crippen molar-refractivity contribution in [1.82, 2.24) is 9.80 Å². The van der Waals surface area contributed by atoms with Gasteiger partial charge in [0, 0.05) is 38.8 Å². The molecule has 0 atom stereocenters. The van der Waals surface area contributed by atoms with Gasteiger partial charge >= 0.3 is 0 Å². The first-order chi connectivity index (χ1) is 10.5. The lowest BCUT2D eigenvalue weighted by atomic mass is 10.3. The van der Waals surface area contributed by atoms with Gasteiger partial charge in [-0.1, -0.05) is 0 Å². The molecule has 1 aliphatic heterocycles. The van der Waals surface area contributed by atoms with E-state index in [1.807, 2.05) is 37.8 Å². The van der Waals surface area contributed by atoms with Crippen LogP contribution in [-0.2, 0) is 9.53 Å². The van der Waals surface area contributed by atoms with Gasteiger partial charge in [-0.15, -0.1) is 0 Å². The van der Waals surface area contributed by atoms with Crippen LogP contribution in [0.4, 0.5) is 0 Å². The van der Waals surface area contributed by atoms with E-state index in [4.69, 9.17) is 9.15 Å². The first kappa shape index (κ1) is 16.8. The Morgan fingerprint density at radius 3 is 2.64 bits per heavy atom. The third kappa shape index (κ3) is 5.31. The smallest absolute Gasteiger partial charge is 0.246 e. The fourth-order valence-electron chi connectivity index (χ4n) is 2.41. The van der Waals surface area contributed by atoms with E-state index in [2.05, 4.69) is 4.90 Å². The Bertz CT molecular complexity index is 500. The van der Waals surface area contributed by atoms with Crippen LogP contribution < -0.4 is 0 Å². The minimum atomic E-state index is 0.0483. The average molecular weight is 306 g/mol. The molecule has 1 aliphatic rings. The number of carbonyl (C=O) groups excluding carboxylic acids is 1. The summed E-state index contributed by atoms with van der Waals surface area (Å²) in [6.45, 7) is 11.0. The highest BCUT2D eigenvalue weighted by molar-refractivity contribution is 5.91. The van der Waals surface area contributed by atoms with Gasteiger partial charge in [-0.2, -0.15) is 0 Å². The summed E-state index contributed by atoms with van der Waals surface area (Å²) in [7, 11) is 0. The zero-order chi connectivity index (χ0) is 15.9. The molecule has 1 aromatic rings. The predicted octanol–water partition coefficient (Wildman–Crippen LogP) is 2.17. The Hall–Kier alpha value is -1.59. The zero-order valence-electron chi connectivity index (χ0n) is 13.7. The average Bonchev–Trinajstić information content (AvgIpc) is 2.91. The highest BCUT2D eigenvalue weighted by atomic mass is 16.5. The van der Waals surface area contributed by atoms with Gasteiger partial charge in [-0.05, 0) is 39.0 Å². The number of hydrogen-bond acceptors (Lipinski definition) is 4. The second-order valence-corrected chi connectivity index (χ2v) is 5.87. The molecule has 5 heteroatoms. The second-order valence-electron chi connectivity index (χ2n) is 5.87. The molecular formula is C17H26N2O3. The molecule has 0 aromatic carbocycles. The molecule has 22 heavy (non-hydrogen) atoms. The van der Waals surface area contributed by atoms with Crippen LogP contribution in [-0.4, -0.2) is 61.1 Å². The van der Waals surface area contributed by atoms with Crippen molar-refractivity contribution in [1.29, 1.82) is 0 Å². The van der Waals surface area contributed by atoms with Crippen molar-refractivity contribution in [3.63, 3.8) is 0 Å². The zero-order valence-corrected chi connectivity index (χ0v) is 13.7. The molecule has 122 valence electrons. The van der Waals surface area contributed by atoms with Crippen LogP contribution in [0.2, 0.25) is 0 Å². The number of ether oxygens (including phenoxy) is 1. The Morgan fingerprint density at radius 2 is 2.05 bits per heavy atom. The molecule has 0 bridgehead atoms. The van der Waals surface area contributed by atoms with E-state index in [1.165, 1.54) is 0 Å². The molecule has 2 heterocycles. The van der Waals surface area contributed by atoms with Crippen LogP contribution in [0.5, 0.6) is 0 Å². The molecule has 2 rings (SSSR count). The van der Waals surface area contributed by atoms with Crippen molar-refractivity contribution in [2.24, 2.45) is 0 Å². The molecule has 0 N–H and O–H groups in total. The van der Waals surface area contributed by atoms with Gasteiger partial charge in [0.25, 0.3) is 0 Å². The number of rotatable bonds is 6. The molecule has 0 spiro atoms. The molecule has 1 aromatic heterocycles. The highest BCUT2D eigenvalue weighted by Gasteiger charge is 2.19. The van der Waals surface area contributed by atoms with Gasteiger partial charge in [0.15, 0.2) is 0 Å². The van der Waals surface area contributed by atoms with Crippen molar-refractivity contribution in [2.45, 2.75) is 26.9 Å². The summed E-state index contributed by atoms with van der Waals surface area (Å²) in [5.74, 6) is 1.62. The van der Waals surface area contributed by atoms with Crippen LogP contribution in [0.25, 0.3) is 6.08 Å². The maximum absolute atomic E-state index is 12.1. The third-order valence-corrected chi connectivity index (χ3v) is 3.69. The highest BCUT2D eigenvalue weighted by Crippen LogP contribution is 2.09. The molecular weight excluding hydrogens is 280 g/mol. The Morgan fingerprint density at radius 1 is 1.32 bits per heavy atom. The van der Waals surface area contributed by atoms with Gasteiger partial charge in [-0.25, -0.2) is 0 Å². The van der Waals surface area contributed by atoms with Crippen molar-refractivity contribution in [3.8, 4) is 0 Å². The van der Waals surface area contributed by atoms with Crippen molar-refractivity contribution >= 4 is 12.0 Å². The van der Waals surface area contributed by atoms with Gasteiger partial charge in [0.05, 0.1) is 12.7 Å². The number of piperazine rings is 1. The molecule has 5 nitrogen and oxygen atoms in total. The van der Waals surface area contributed by atoms with Crippen LogP contribution in [0.1, 0.15) is 25.4 Å².